The molecule has 2 heterocycles. The number of ether oxygens (including phenoxy) is 1. The number of nitrogens with zero attached hydrogens (tertiary/aromatic N) is 1. The fourth-order valence-electron chi connectivity index (χ4n) is 5.74. The van der Waals surface area contributed by atoms with Gasteiger partial charge in [-0.3, -0.25) is 4.79 Å². The van der Waals surface area contributed by atoms with E-state index >= 15 is 0 Å². The molecule has 0 amide bonds. The number of aromatic nitrogens is 1. The Bertz CT molecular complexity index is 1270. The van der Waals surface area contributed by atoms with E-state index in [1.54, 1.807) is 24.3 Å². The van der Waals surface area contributed by atoms with Gasteiger partial charge in [-0.25, -0.2) is 13.2 Å². The maximum Gasteiger partial charge on any atom is 0.315 e. The first-order valence-corrected chi connectivity index (χ1v) is 11.3. The van der Waals surface area contributed by atoms with E-state index in [2.05, 4.69) is 0 Å². The van der Waals surface area contributed by atoms with Crippen LogP contribution in [-0.2, 0) is 20.5 Å². The van der Waals surface area contributed by atoms with Gasteiger partial charge in [0.25, 0.3) is 6.43 Å². The number of alkyl halides is 2. The highest BCUT2D eigenvalue weighted by Crippen LogP contribution is 2.58. The van der Waals surface area contributed by atoms with Crippen LogP contribution in [0.25, 0.3) is 16.6 Å². The third-order valence-electron chi connectivity index (χ3n) is 7.66. The molecule has 8 heteroatoms. The third kappa shape index (κ3) is 3.07. The number of fused-ring (bicyclic) bond motifs is 4. The molecule has 0 saturated heterocycles. The Hall–Kier alpha value is -3.00. The van der Waals surface area contributed by atoms with Crippen LogP contribution < -0.4 is 0 Å². The Kier molecular flexibility index (Phi) is 5.02. The molecule has 1 aromatic heterocycles. The average molecular weight is 473 g/mol. The molecule has 1 fully saturated rings. The van der Waals surface area contributed by atoms with Crippen molar-refractivity contribution in [2.45, 2.75) is 57.0 Å². The van der Waals surface area contributed by atoms with Crippen LogP contribution in [0.5, 0.6) is 5.75 Å². The van der Waals surface area contributed by atoms with Gasteiger partial charge in [-0.2, -0.15) is 0 Å². The van der Waals surface area contributed by atoms with Crippen LogP contribution in [-0.4, -0.2) is 33.8 Å². The summed E-state index contributed by atoms with van der Waals surface area (Å²) in [6.45, 7) is 4.28. The molecule has 0 radical (unpaired) electrons. The van der Waals surface area contributed by atoms with E-state index in [1.807, 2.05) is 24.5 Å². The van der Waals surface area contributed by atoms with E-state index in [-0.39, 0.29) is 43.9 Å². The van der Waals surface area contributed by atoms with Crippen molar-refractivity contribution in [3.8, 4) is 11.4 Å². The number of benzene rings is 2. The van der Waals surface area contributed by atoms with Crippen LogP contribution in [0.4, 0.5) is 13.2 Å². The number of rotatable bonds is 3. The van der Waals surface area contributed by atoms with Gasteiger partial charge in [0.1, 0.15) is 17.0 Å². The summed E-state index contributed by atoms with van der Waals surface area (Å²) in [6, 6.07) is 11.2. The summed E-state index contributed by atoms with van der Waals surface area (Å²) < 4.78 is 49.8. The standard InChI is InChI=1S/C26H26F3NO4/c1-24(2)14-34-26(12-10-25(11-13-26,22(28)29)23(32)33)20-19-17(4-3-5-18(19)31)30(21(20)24)16-8-6-15(27)7-9-16/h3-9,22,31H,10-14H2,1-2H3,(H,32,33)/t25-,26-. The topological polar surface area (TPSA) is 71.7 Å². The highest BCUT2D eigenvalue weighted by Gasteiger charge is 2.57. The van der Waals surface area contributed by atoms with Crippen LogP contribution in [0.2, 0.25) is 0 Å². The summed E-state index contributed by atoms with van der Waals surface area (Å²) in [5, 5.41) is 21.1. The molecule has 2 aliphatic rings. The molecule has 2 aromatic carbocycles. The first-order chi connectivity index (χ1) is 16.0. The SMILES string of the molecule is CC1(C)CO[C@]2(CC[C@@](C(=O)O)(C(F)F)CC2)c2c1n(-c1ccc(F)cc1)c1cccc(O)c12. The number of hydrogen-bond donors (Lipinski definition) is 2. The van der Waals surface area contributed by atoms with Crippen molar-refractivity contribution in [1.29, 1.82) is 0 Å². The fourth-order valence-corrected chi connectivity index (χ4v) is 5.74. The lowest BCUT2D eigenvalue weighted by Crippen LogP contribution is -2.50. The molecule has 1 spiro atoms. The van der Waals surface area contributed by atoms with Crippen LogP contribution >= 0.6 is 0 Å². The Morgan fingerprint density at radius 3 is 2.29 bits per heavy atom. The van der Waals surface area contributed by atoms with Gasteiger partial charge in [0.2, 0.25) is 0 Å². The number of carbonyl (C=O) groups is 1. The number of hydrogen-bond acceptors (Lipinski definition) is 3. The minimum absolute atomic E-state index is 0.0271. The number of halogens is 3. The van der Waals surface area contributed by atoms with Crippen molar-refractivity contribution < 1.29 is 32.9 Å². The van der Waals surface area contributed by atoms with Crippen molar-refractivity contribution in [3.05, 3.63) is 59.5 Å². The number of carboxylic acid groups (broad SMARTS) is 1. The molecule has 0 bridgehead atoms. The van der Waals surface area contributed by atoms with Gasteiger partial charge in [-0.1, -0.05) is 19.9 Å². The quantitative estimate of drug-likeness (QED) is 0.498. The highest BCUT2D eigenvalue weighted by atomic mass is 19.3. The molecular weight excluding hydrogens is 447 g/mol. The van der Waals surface area contributed by atoms with E-state index in [1.165, 1.54) is 12.1 Å². The molecule has 5 nitrogen and oxygen atoms in total. The zero-order valence-corrected chi connectivity index (χ0v) is 18.9. The average Bonchev–Trinajstić information content (AvgIpc) is 3.16. The van der Waals surface area contributed by atoms with Crippen LogP contribution in [0, 0.1) is 11.2 Å². The molecule has 180 valence electrons. The van der Waals surface area contributed by atoms with Crippen molar-refractivity contribution in [1.82, 2.24) is 4.57 Å². The Labute approximate surface area is 194 Å². The molecular formula is C26H26F3NO4. The minimum Gasteiger partial charge on any atom is -0.507 e. The lowest BCUT2D eigenvalue weighted by atomic mass is 9.64. The number of phenols is 1. The van der Waals surface area contributed by atoms with Gasteiger partial charge >= 0.3 is 5.97 Å². The summed E-state index contributed by atoms with van der Waals surface area (Å²) in [5.41, 5.74) is -0.703. The van der Waals surface area contributed by atoms with Crippen LogP contribution in [0.15, 0.2) is 42.5 Å². The summed E-state index contributed by atoms with van der Waals surface area (Å²) in [6.07, 6.45) is -3.30. The summed E-state index contributed by atoms with van der Waals surface area (Å²) in [7, 11) is 0. The lowest BCUT2D eigenvalue weighted by Gasteiger charge is -2.49. The second-order valence-electron chi connectivity index (χ2n) is 10.1. The Morgan fingerprint density at radius 1 is 1.06 bits per heavy atom. The van der Waals surface area contributed by atoms with Gasteiger partial charge in [0.05, 0.1) is 17.7 Å². The van der Waals surface area contributed by atoms with E-state index < -0.39 is 28.8 Å². The summed E-state index contributed by atoms with van der Waals surface area (Å²) >= 11 is 0. The van der Waals surface area contributed by atoms with E-state index in [9.17, 15) is 28.2 Å². The Balaban J connectivity index is 1.78. The predicted molar refractivity (Wildman–Crippen MR) is 120 cm³/mol. The number of aromatic hydroxyl groups is 1. The van der Waals surface area contributed by atoms with E-state index in [4.69, 9.17) is 4.74 Å². The van der Waals surface area contributed by atoms with Crippen molar-refractivity contribution in [2.24, 2.45) is 5.41 Å². The molecule has 34 heavy (non-hydrogen) atoms. The molecule has 5 rings (SSSR count). The highest BCUT2D eigenvalue weighted by molar-refractivity contribution is 5.94. The van der Waals surface area contributed by atoms with Crippen molar-refractivity contribution in [3.63, 3.8) is 0 Å². The third-order valence-corrected chi connectivity index (χ3v) is 7.66. The summed E-state index contributed by atoms with van der Waals surface area (Å²) in [5.74, 6) is -1.84. The number of carboxylic acids is 1. The molecule has 2 N–H and O–H groups in total. The van der Waals surface area contributed by atoms with E-state index in [0.29, 0.717) is 22.2 Å². The number of aliphatic carboxylic acids is 1. The predicted octanol–water partition coefficient (Wildman–Crippen LogP) is 5.89. The Morgan fingerprint density at radius 2 is 1.71 bits per heavy atom. The van der Waals surface area contributed by atoms with Gasteiger partial charge in [0, 0.05) is 27.7 Å². The largest absolute Gasteiger partial charge is 0.507 e. The molecule has 0 atom stereocenters. The van der Waals surface area contributed by atoms with Gasteiger partial charge in [0.15, 0.2) is 0 Å². The van der Waals surface area contributed by atoms with E-state index in [0.717, 1.165) is 5.69 Å². The molecule has 1 aliphatic carbocycles. The maximum absolute atomic E-state index is 13.9. The minimum atomic E-state index is -2.99. The first kappa shape index (κ1) is 22.8. The fraction of sp³-hybridized carbons (Fsp3) is 0.423. The van der Waals surface area contributed by atoms with Crippen LogP contribution in [0.3, 0.4) is 0 Å². The lowest BCUT2D eigenvalue weighted by molar-refractivity contribution is -0.178. The van der Waals surface area contributed by atoms with Gasteiger partial charge in [-0.15, -0.1) is 0 Å². The zero-order chi connectivity index (χ0) is 24.5. The monoisotopic (exact) mass is 473 g/mol. The number of phenolic OH excluding ortho intramolecular Hbond substituents is 1. The molecule has 1 saturated carbocycles. The zero-order valence-electron chi connectivity index (χ0n) is 18.9. The normalized spacial score (nSPS) is 26.2. The van der Waals surface area contributed by atoms with Crippen LogP contribution in [0.1, 0.15) is 50.8 Å². The first-order valence-electron chi connectivity index (χ1n) is 11.3. The molecule has 0 unspecified atom stereocenters. The summed E-state index contributed by atoms with van der Waals surface area (Å²) in [4.78, 5) is 11.8. The smallest absolute Gasteiger partial charge is 0.315 e. The second-order valence-corrected chi connectivity index (χ2v) is 10.1. The van der Waals surface area contributed by atoms with Gasteiger partial charge < -0.3 is 19.5 Å². The molecule has 3 aromatic rings. The van der Waals surface area contributed by atoms with Crippen molar-refractivity contribution in [2.75, 3.05) is 6.61 Å². The van der Waals surface area contributed by atoms with Crippen molar-refractivity contribution >= 4 is 16.9 Å². The maximum atomic E-state index is 13.9. The second kappa shape index (κ2) is 7.50. The molecule has 1 aliphatic heterocycles. The van der Waals surface area contributed by atoms with Gasteiger partial charge in [-0.05, 0) is 62.1 Å².